The van der Waals surface area contributed by atoms with Crippen molar-refractivity contribution in [2.24, 2.45) is 5.92 Å². The number of halogens is 1. The van der Waals surface area contributed by atoms with E-state index < -0.39 is 0 Å². The number of nitrogens with zero attached hydrogens (tertiary/aromatic N) is 2. The van der Waals surface area contributed by atoms with Crippen molar-refractivity contribution in [2.45, 2.75) is 25.3 Å². The van der Waals surface area contributed by atoms with Crippen molar-refractivity contribution < 1.29 is 9.18 Å². The van der Waals surface area contributed by atoms with Crippen molar-refractivity contribution in [2.75, 3.05) is 26.7 Å². The van der Waals surface area contributed by atoms with E-state index >= 15 is 0 Å². The quantitative estimate of drug-likeness (QED) is 0.842. The fourth-order valence-electron chi connectivity index (χ4n) is 3.57. The van der Waals surface area contributed by atoms with Crippen LogP contribution in [-0.2, 0) is 11.2 Å². The van der Waals surface area contributed by atoms with Crippen molar-refractivity contribution >= 4 is 5.91 Å². The number of hydrogen-bond acceptors (Lipinski definition) is 2. The van der Waals surface area contributed by atoms with Gasteiger partial charge in [0.1, 0.15) is 5.82 Å². The molecular weight excluding hydrogens is 255 g/mol. The summed E-state index contributed by atoms with van der Waals surface area (Å²) in [5, 5.41) is 0. The van der Waals surface area contributed by atoms with Gasteiger partial charge in [0.15, 0.2) is 0 Å². The molecule has 20 heavy (non-hydrogen) atoms. The highest BCUT2D eigenvalue weighted by atomic mass is 19.1. The monoisotopic (exact) mass is 276 g/mol. The molecule has 2 fully saturated rings. The van der Waals surface area contributed by atoms with E-state index in [1.54, 1.807) is 12.1 Å². The molecule has 2 saturated heterocycles. The first-order valence-corrected chi connectivity index (χ1v) is 7.36. The number of rotatable bonds is 3. The zero-order valence-corrected chi connectivity index (χ0v) is 11.9. The van der Waals surface area contributed by atoms with Gasteiger partial charge in [-0.25, -0.2) is 4.39 Å². The summed E-state index contributed by atoms with van der Waals surface area (Å²) in [4.78, 5) is 16.7. The van der Waals surface area contributed by atoms with Crippen LogP contribution in [0.25, 0.3) is 0 Å². The Hall–Kier alpha value is -1.42. The third kappa shape index (κ3) is 2.57. The Kier molecular flexibility index (Phi) is 3.74. The highest BCUT2D eigenvalue weighted by Crippen LogP contribution is 2.31. The Balaban J connectivity index is 1.59. The molecule has 1 aromatic carbocycles. The summed E-state index contributed by atoms with van der Waals surface area (Å²) >= 11 is 0. The SMILES string of the molecule is CN1C[C@@H]2CCN(C(=O)CCc3ccccc3F)[C@@H]2C1. The van der Waals surface area contributed by atoms with E-state index in [0.717, 1.165) is 26.1 Å². The number of likely N-dealkylation sites (N-methyl/N-ethyl adjacent to an activating group) is 1. The lowest BCUT2D eigenvalue weighted by Crippen LogP contribution is -2.39. The second-order valence-electron chi connectivity index (χ2n) is 6.02. The minimum atomic E-state index is -0.208. The Morgan fingerprint density at radius 3 is 2.95 bits per heavy atom. The van der Waals surface area contributed by atoms with Crippen molar-refractivity contribution in [1.29, 1.82) is 0 Å². The number of fused-ring (bicyclic) bond motifs is 1. The van der Waals surface area contributed by atoms with Crippen LogP contribution in [0.1, 0.15) is 18.4 Å². The minimum absolute atomic E-state index is 0.177. The summed E-state index contributed by atoms with van der Waals surface area (Å²) in [5.74, 6) is 0.605. The number of amides is 1. The molecule has 0 aromatic heterocycles. The Labute approximate surface area is 119 Å². The van der Waals surface area contributed by atoms with Gasteiger partial charge < -0.3 is 9.80 Å². The van der Waals surface area contributed by atoms with Crippen LogP contribution in [0, 0.1) is 11.7 Å². The van der Waals surface area contributed by atoms with E-state index in [1.165, 1.54) is 6.07 Å². The van der Waals surface area contributed by atoms with Crippen molar-refractivity contribution in [3.63, 3.8) is 0 Å². The molecule has 0 bridgehead atoms. The van der Waals surface area contributed by atoms with Gasteiger partial charge in [-0.15, -0.1) is 0 Å². The Morgan fingerprint density at radius 1 is 1.35 bits per heavy atom. The third-order valence-corrected chi connectivity index (χ3v) is 4.62. The molecular formula is C16H21FN2O. The number of benzene rings is 1. The Bertz CT molecular complexity index is 505. The van der Waals surface area contributed by atoms with Gasteiger partial charge in [-0.05, 0) is 37.4 Å². The number of hydrogen-bond donors (Lipinski definition) is 0. The van der Waals surface area contributed by atoms with E-state index in [-0.39, 0.29) is 11.7 Å². The lowest BCUT2D eigenvalue weighted by atomic mass is 10.0. The lowest BCUT2D eigenvalue weighted by molar-refractivity contribution is -0.132. The zero-order valence-electron chi connectivity index (χ0n) is 11.9. The van der Waals surface area contributed by atoms with E-state index in [1.807, 2.05) is 11.0 Å². The molecule has 3 rings (SSSR count). The highest BCUT2D eigenvalue weighted by molar-refractivity contribution is 5.77. The van der Waals surface area contributed by atoms with Gasteiger partial charge in [-0.3, -0.25) is 4.79 Å². The molecule has 0 unspecified atom stereocenters. The maximum atomic E-state index is 13.6. The molecule has 3 nitrogen and oxygen atoms in total. The van der Waals surface area contributed by atoms with Crippen LogP contribution < -0.4 is 0 Å². The van der Waals surface area contributed by atoms with Gasteiger partial charge in [0.2, 0.25) is 5.91 Å². The zero-order chi connectivity index (χ0) is 14.1. The van der Waals surface area contributed by atoms with Crippen LogP contribution in [0.3, 0.4) is 0 Å². The predicted molar refractivity (Wildman–Crippen MR) is 75.8 cm³/mol. The number of aryl methyl sites for hydroxylation is 1. The first-order chi connectivity index (χ1) is 9.65. The van der Waals surface area contributed by atoms with Gasteiger partial charge in [0, 0.05) is 32.1 Å². The average molecular weight is 276 g/mol. The molecule has 0 aliphatic carbocycles. The summed E-state index contributed by atoms with van der Waals surface area (Å²) in [6.45, 7) is 2.96. The maximum Gasteiger partial charge on any atom is 0.223 e. The van der Waals surface area contributed by atoms with Gasteiger partial charge in [0.25, 0.3) is 0 Å². The van der Waals surface area contributed by atoms with Crippen molar-refractivity contribution in [3.05, 3.63) is 35.6 Å². The molecule has 0 N–H and O–H groups in total. The maximum absolute atomic E-state index is 13.6. The molecule has 2 heterocycles. The molecule has 0 spiro atoms. The summed E-state index contributed by atoms with van der Waals surface area (Å²) in [6.07, 6.45) is 2.02. The topological polar surface area (TPSA) is 23.6 Å². The van der Waals surface area contributed by atoms with E-state index in [4.69, 9.17) is 0 Å². The van der Waals surface area contributed by atoms with E-state index in [2.05, 4.69) is 11.9 Å². The van der Waals surface area contributed by atoms with E-state index in [0.29, 0.717) is 30.4 Å². The van der Waals surface area contributed by atoms with Crippen molar-refractivity contribution in [1.82, 2.24) is 9.80 Å². The average Bonchev–Trinajstić information content (AvgIpc) is 2.96. The fraction of sp³-hybridized carbons (Fsp3) is 0.562. The normalized spacial score (nSPS) is 26.0. The molecule has 4 heteroatoms. The second kappa shape index (κ2) is 5.52. The number of likely N-dealkylation sites (tertiary alicyclic amines) is 2. The van der Waals surface area contributed by atoms with Crippen LogP contribution >= 0.6 is 0 Å². The second-order valence-corrected chi connectivity index (χ2v) is 6.02. The van der Waals surface area contributed by atoms with Crippen LogP contribution in [0.2, 0.25) is 0 Å². The van der Waals surface area contributed by atoms with Crippen LogP contribution in [0.5, 0.6) is 0 Å². The molecule has 0 saturated carbocycles. The predicted octanol–water partition coefficient (Wildman–Crippen LogP) is 1.92. The van der Waals surface area contributed by atoms with Crippen LogP contribution in [0.15, 0.2) is 24.3 Å². The molecule has 2 aliphatic rings. The van der Waals surface area contributed by atoms with Crippen LogP contribution in [0.4, 0.5) is 4.39 Å². The molecule has 108 valence electrons. The summed E-state index contributed by atoms with van der Waals surface area (Å²) in [5.41, 5.74) is 0.639. The molecule has 0 radical (unpaired) electrons. The summed E-state index contributed by atoms with van der Waals surface area (Å²) in [7, 11) is 2.11. The fourth-order valence-corrected chi connectivity index (χ4v) is 3.57. The summed E-state index contributed by atoms with van der Waals surface area (Å²) < 4.78 is 13.6. The van der Waals surface area contributed by atoms with Crippen LogP contribution in [-0.4, -0.2) is 48.4 Å². The molecule has 2 atom stereocenters. The Morgan fingerprint density at radius 2 is 2.15 bits per heavy atom. The van der Waals surface area contributed by atoms with Gasteiger partial charge in [-0.2, -0.15) is 0 Å². The first-order valence-electron chi connectivity index (χ1n) is 7.36. The molecule has 1 amide bonds. The number of carbonyl (C=O) groups is 1. The van der Waals surface area contributed by atoms with Gasteiger partial charge in [0.05, 0.1) is 0 Å². The smallest absolute Gasteiger partial charge is 0.223 e. The largest absolute Gasteiger partial charge is 0.338 e. The lowest BCUT2D eigenvalue weighted by Gasteiger charge is -2.24. The standard InChI is InChI=1S/C16H21FN2O/c1-18-10-13-8-9-19(15(13)11-18)16(20)7-6-12-4-2-3-5-14(12)17/h2-5,13,15H,6-11H2,1H3/t13-,15+/m0/s1. The van der Waals surface area contributed by atoms with Gasteiger partial charge in [-0.1, -0.05) is 18.2 Å². The van der Waals surface area contributed by atoms with Crippen molar-refractivity contribution in [3.8, 4) is 0 Å². The number of carbonyl (C=O) groups excluding carboxylic acids is 1. The third-order valence-electron chi connectivity index (χ3n) is 4.62. The first kappa shape index (κ1) is 13.6. The molecule has 2 aliphatic heterocycles. The minimum Gasteiger partial charge on any atom is -0.338 e. The van der Waals surface area contributed by atoms with E-state index in [9.17, 15) is 9.18 Å². The highest BCUT2D eigenvalue weighted by Gasteiger charge is 2.41. The summed E-state index contributed by atoms with van der Waals surface area (Å²) in [6, 6.07) is 7.10. The molecule has 1 aromatic rings. The van der Waals surface area contributed by atoms with Gasteiger partial charge >= 0.3 is 0 Å².